The number of anilines is 1. The van der Waals surface area contributed by atoms with Gasteiger partial charge in [-0.25, -0.2) is 4.98 Å². The van der Waals surface area contributed by atoms with Crippen LogP contribution in [0, 0.1) is 22.7 Å². The van der Waals surface area contributed by atoms with Gasteiger partial charge in [0.15, 0.2) is 0 Å². The van der Waals surface area contributed by atoms with E-state index in [1.54, 1.807) is 12.3 Å². The number of carbonyl (C=O) groups excluding carboxylic acids is 1. The first-order valence-electron chi connectivity index (χ1n) is 8.79. The number of pyridine rings is 1. The number of aliphatic hydroxyl groups is 1. The van der Waals surface area contributed by atoms with Crippen LogP contribution in [0.15, 0.2) is 18.3 Å². The monoisotopic (exact) mass is 343 g/mol. The number of piperidine rings is 2. The van der Waals surface area contributed by atoms with Crippen LogP contribution in [0.25, 0.3) is 0 Å². The number of hydrogen-bond acceptors (Lipinski definition) is 6. The summed E-state index contributed by atoms with van der Waals surface area (Å²) < 4.78 is 0. The predicted octanol–water partition coefficient (Wildman–Crippen LogP) is 0.339. The fourth-order valence-corrected chi connectivity index (χ4v) is 4.27. The highest BCUT2D eigenvalue weighted by molar-refractivity contribution is 5.75. The molecule has 134 valence electrons. The molecule has 0 radical (unpaired) electrons. The Morgan fingerprint density at radius 2 is 2.12 bits per heavy atom. The van der Waals surface area contributed by atoms with Crippen molar-refractivity contribution in [1.82, 2.24) is 9.88 Å². The lowest BCUT2D eigenvalue weighted by molar-refractivity contribution is -0.120. The van der Waals surface area contributed by atoms with Crippen LogP contribution in [-0.4, -0.2) is 60.2 Å². The van der Waals surface area contributed by atoms with Gasteiger partial charge < -0.3 is 15.7 Å². The molecule has 1 atom stereocenters. The number of nitrogens with two attached hydrogens (primary N) is 1. The van der Waals surface area contributed by atoms with Crippen LogP contribution in [0.5, 0.6) is 0 Å². The molecule has 0 aliphatic carbocycles. The van der Waals surface area contributed by atoms with E-state index < -0.39 is 0 Å². The Labute approximate surface area is 148 Å². The number of rotatable bonds is 4. The van der Waals surface area contributed by atoms with Crippen molar-refractivity contribution < 1.29 is 9.90 Å². The third kappa shape index (κ3) is 3.75. The largest absolute Gasteiger partial charge is 0.396 e. The standard InChI is InChI=1S/C18H25N5O2/c19-10-14-1-5-21-17(9-14)23-8-4-18(15(11-23)13-24)2-6-22(7-3-18)12-16(20)25/h1,5,9,15,24H,2-4,6-8,11-13H2,(H2,20,25)/t15-/m0/s1. The second-order valence-corrected chi connectivity index (χ2v) is 7.19. The van der Waals surface area contributed by atoms with Gasteiger partial charge in [0.25, 0.3) is 0 Å². The summed E-state index contributed by atoms with van der Waals surface area (Å²) >= 11 is 0. The van der Waals surface area contributed by atoms with Crippen LogP contribution in [0.3, 0.4) is 0 Å². The molecule has 1 spiro atoms. The van der Waals surface area contributed by atoms with E-state index >= 15 is 0 Å². The lowest BCUT2D eigenvalue weighted by atomic mass is 9.64. The molecule has 1 amide bonds. The Morgan fingerprint density at radius 1 is 1.40 bits per heavy atom. The minimum Gasteiger partial charge on any atom is -0.396 e. The van der Waals surface area contributed by atoms with Gasteiger partial charge in [-0.3, -0.25) is 9.69 Å². The molecule has 2 saturated heterocycles. The van der Waals surface area contributed by atoms with Crippen LogP contribution in [-0.2, 0) is 4.79 Å². The summed E-state index contributed by atoms with van der Waals surface area (Å²) in [6, 6.07) is 5.66. The number of nitrogens with zero attached hydrogens (tertiary/aromatic N) is 4. The van der Waals surface area contributed by atoms with Gasteiger partial charge in [-0.1, -0.05) is 0 Å². The lowest BCUT2D eigenvalue weighted by Crippen LogP contribution is -2.54. The molecule has 3 heterocycles. The highest BCUT2D eigenvalue weighted by atomic mass is 16.3. The summed E-state index contributed by atoms with van der Waals surface area (Å²) in [7, 11) is 0. The number of nitriles is 1. The number of carbonyl (C=O) groups is 1. The average Bonchev–Trinajstić information content (AvgIpc) is 2.64. The molecule has 0 unspecified atom stereocenters. The molecule has 0 aromatic carbocycles. The van der Waals surface area contributed by atoms with Crippen LogP contribution in [0.4, 0.5) is 5.82 Å². The second-order valence-electron chi connectivity index (χ2n) is 7.19. The quantitative estimate of drug-likeness (QED) is 0.816. The van der Waals surface area contributed by atoms with Crippen LogP contribution >= 0.6 is 0 Å². The maximum absolute atomic E-state index is 11.1. The third-order valence-corrected chi connectivity index (χ3v) is 5.84. The van der Waals surface area contributed by atoms with E-state index in [9.17, 15) is 9.90 Å². The van der Waals surface area contributed by atoms with Gasteiger partial charge in [0.2, 0.25) is 5.91 Å². The Bertz CT molecular complexity index is 664. The Hall–Kier alpha value is -2.17. The molecular weight excluding hydrogens is 318 g/mol. The summed E-state index contributed by atoms with van der Waals surface area (Å²) in [6.07, 6.45) is 4.60. The molecule has 3 N–H and O–H groups in total. The highest BCUT2D eigenvalue weighted by Crippen LogP contribution is 2.45. The van der Waals surface area contributed by atoms with Crippen molar-refractivity contribution in [3.63, 3.8) is 0 Å². The first-order chi connectivity index (χ1) is 12.1. The van der Waals surface area contributed by atoms with Gasteiger partial charge in [-0.2, -0.15) is 5.26 Å². The molecule has 1 aromatic heterocycles. The molecule has 1 aromatic rings. The van der Waals surface area contributed by atoms with E-state index in [2.05, 4.69) is 20.9 Å². The normalized spacial score (nSPS) is 23.4. The molecule has 25 heavy (non-hydrogen) atoms. The van der Waals surface area contributed by atoms with Gasteiger partial charge in [0.1, 0.15) is 5.82 Å². The zero-order valence-electron chi connectivity index (χ0n) is 14.4. The van der Waals surface area contributed by atoms with Gasteiger partial charge >= 0.3 is 0 Å². The third-order valence-electron chi connectivity index (χ3n) is 5.84. The maximum atomic E-state index is 11.1. The van der Waals surface area contributed by atoms with Gasteiger partial charge in [-0.05, 0) is 49.9 Å². The fraction of sp³-hybridized carbons (Fsp3) is 0.611. The van der Waals surface area contributed by atoms with Crippen molar-refractivity contribution in [2.45, 2.75) is 19.3 Å². The van der Waals surface area contributed by atoms with Crippen molar-refractivity contribution in [1.29, 1.82) is 5.26 Å². The fourth-order valence-electron chi connectivity index (χ4n) is 4.27. The first kappa shape index (κ1) is 17.6. The average molecular weight is 343 g/mol. The van der Waals surface area contributed by atoms with Crippen LogP contribution in [0.2, 0.25) is 0 Å². The summed E-state index contributed by atoms with van der Waals surface area (Å²) in [5, 5.41) is 19.1. The number of hydrogen-bond donors (Lipinski definition) is 2. The number of likely N-dealkylation sites (tertiary alicyclic amines) is 1. The SMILES string of the molecule is N#Cc1ccnc(N2CCC3(CCN(CC(N)=O)CC3)[C@H](CO)C2)c1. The first-order valence-corrected chi connectivity index (χ1v) is 8.79. The van der Waals surface area contributed by atoms with Crippen molar-refractivity contribution in [2.24, 2.45) is 17.1 Å². The van der Waals surface area contributed by atoms with E-state index in [0.717, 1.165) is 51.3 Å². The van der Waals surface area contributed by atoms with Gasteiger partial charge in [0, 0.05) is 31.8 Å². The summed E-state index contributed by atoms with van der Waals surface area (Å²) in [4.78, 5) is 19.8. The van der Waals surface area contributed by atoms with Crippen molar-refractivity contribution in [2.75, 3.05) is 44.2 Å². The zero-order valence-corrected chi connectivity index (χ0v) is 14.4. The lowest BCUT2D eigenvalue weighted by Gasteiger charge is -2.51. The number of aromatic nitrogens is 1. The topological polar surface area (TPSA) is 106 Å². The van der Waals surface area contributed by atoms with Crippen molar-refractivity contribution >= 4 is 11.7 Å². The Balaban J connectivity index is 1.68. The maximum Gasteiger partial charge on any atom is 0.231 e. The molecule has 0 saturated carbocycles. The van der Waals surface area contributed by atoms with Crippen LogP contribution in [0.1, 0.15) is 24.8 Å². The van der Waals surface area contributed by atoms with E-state index in [0.29, 0.717) is 12.1 Å². The number of aliphatic hydroxyl groups excluding tert-OH is 1. The highest BCUT2D eigenvalue weighted by Gasteiger charge is 2.44. The Morgan fingerprint density at radius 3 is 2.76 bits per heavy atom. The minimum atomic E-state index is -0.284. The van der Waals surface area contributed by atoms with E-state index in [1.165, 1.54) is 0 Å². The smallest absolute Gasteiger partial charge is 0.231 e. The summed E-state index contributed by atoms with van der Waals surface area (Å²) in [5.74, 6) is 0.691. The molecule has 0 bridgehead atoms. The summed E-state index contributed by atoms with van der Waals surface area (Å²) in [5.41, 5.74) is 6.02. The molecule has 2 aliphatic heterocycles. The van der Waals surface area contributed by atoms with Gasteiger partial charge in [-0.15, -0.1) is 0 Å². The molecule has 7 heteroatoms. The Kier molecular flexibility index (Phi) is 5.21. The van der Waals surface area contributed by atoms with E-state index in [-0.39, 0.29) is 23.8 Å². The number of amides is 1. The predicted molar refractivity (Wildman–Crippen MR) is 93.7 cm³/mol. The molecule has 3 rings (SSSR count). The zero-order chi connectivity index (χ0) is 17.9. The van der Waals surface area contributed by atoms with E-state index in [4.69, 9.17) is 11.0 Å². The number of primary amides is 1. The summed E-state index contributed by atoms with van der Waals surface area (Å²) in [6.45, 7) is 3.77. The van der Waals surface area contributed by atoms with Crippen molar-refractivity contribution in [3.05, 3.63) is 23.9 Å². The molecular formula is C18H25N5O2. The minimum absolute atomic E-state index is 0.117. The van der Waals surface area contributed by atoms with Crippen molar-refractivity contribution in [3.8, 4) is 6.07 Å². The van der Waals surface area contributed by atoms with E-state index in [1.807, 2.05) is 6.07 Å². The van der Waals surface area contributed by atoms with Gasteiger partial charge in [0.05, 0.1) is 18.2 Å². The second kappa shape index (κ2) is 7.38. The van der Waals surface area contributed by atoms with Crippen LogP contribution < -0.4 is 10.6 Å². The molecule has 2 aliphatic rings. The molecule has 7 nitrogen and oxygen atoms in total. The molecule has 2 fully saturated rings.